The maximum Gasteiger partial charge on any atom is 0.168 e. The Kier molecular flexibility index (Phi) is 3.71. The van der Waals surface area contributed by atoms with Gasteiger partial charge in [0.2, 0.25) is 0 Å². The number of hydrogen-bond acceptors (Lipinski definition) is 5. The first-order chi connectivity index (χ1) is 10.1. The van der Waals surface area contributed by atoms with E-state index in [1.165, 1.54) is 0 Å². The van der Waals surface area contributed by atoms with Crippen molar-refractivity contribution in [1.29, 1.82) is 0 Å². The van der Waals surface area contributed by atoms with Gasteiger partial charge in [0.15, 0.2) is 11.5 Å². The van der Waals surface area contributed by atoms with Crippen LogP contribution in [0.5, 0.6) is 17.2 Å². The summed E-state index contributed by atoms with van der Waals surface area (Å²) in [5.74, 6) is 2.35. The quantitative estimate of drug-likeness (QED) is 0.883. The number of benzene rings is 1. The van der Waals surface area contributed by atoms with Gasteiger partial charge in [-0.05, 0) is 20.9 Å². The minimum absolute atomic E-state index is 0.0920. The summed E-state index contributed by atoms with van der Waals surface area (Å²) >= 11 is 0. The average molecular weight is 293 g/mol. The molecule has 0 fully saturated rings. The molecular weight excluding hydrogens is 270 g/mol. The third-order valence-corrected chi connectivity index (χ3v) is 4.15. The Morgan fingerprint density at radius 2 is 1.81 bits per heavy atom. The van der Waals surface area contributed by atoms with E-state index in [1.54, 1.807) is 7.11 Å². The fourth-order valence-corrected chi connectivity index (χ4v) is 3.37. The fourth-order valence-electron chi connectivity index (χ4n) is 3.37. The van der Waals surface area contributed by atoms with Crippen molar-refractivity contribution in [3.05, 3.63) is 16.7 Å². The average Bonchev–Trinajstić information content (AvgIpc) is 2.97. The lowest BCUT2D eigenvalue weighted by molar-refractivity contribution is 0.167. The van der Waals surface area contributed by atoms with Crippen LogP contribution in [0, 0.1) is 0 Å². The van der Waals surface area contributed by atoms with E-state index in [0.717, 1.165) is 46.8 Å². The monoisotopic (exact) mass is 293 g/mol. The van der Waals surface area contributed by atoms with Crippen molar-refractivity contribution in [3.8, 4) is 17.2 Å². The Morgan fingerprint density at radius 1 is 1.19 bits per heavy atom. The molecule has 0 radical (unpaired) electrons. The molecule has 1 aromatic rings. The minimum atomic E-state index is -0.609. The smallest absolute Gasteiger partial charge is 0.168 e. The highest BCUT2D eigenvalue weighted by Gasteiger charge is 2.38. The maximum absolute atomic E-state index is 10.5. The molecule has 21 heavy (non-hydrogen) atoms. The number of ether oxygens (including phenoxy) is 3. The normalized spacial score (nSPS) is 24.0. The first kappa shape index (κ1) is 14.5. The first-order valence-corrected chi connectivity index (χ1v) is 7.48. The van der Waals surface area contributed by atoms with Crippen LogP contribution in [0.15, 0.2) is 0 Å². The predicted octanol–water partition coefficient (Wildman–Crippen LogP) is 1.59. The van der Waals surface area contributed by atoms with E-state index in [1.807, 2.05) is 20.9 Å². The summed E-state index contributed by atoms with van der Waals surface area (Å²) < 4.78 is 17.5. The first-order valence-electron chi connectivity index (χ1n) is 7.48. The largest absolute Gasteiger partial charge is 0.492 e. The molecule has 3 unspecified atom stereocenters. The van der Waals surface area contributed by atoms with Crippen LogP contribution in [0.4, 0.5) is 0 Å². The van der Waals surface area contributed by atoms with Gasteiger partial charge in [-0.1, -0.05) is 0 Å². The second-order valence-corrected chi connectivity index (χ2v) is 5.90. The van der Waals surface area contributed by atoms with Crippen LogP contribution in [0.2, 0.25) is 0 Å². The topological polar surface area (TPSA) is 60.0 Å². The molecular formula is C16H23NO4. The van der Waals surface area contributed by atoms with Crippen molar-refractivity contribution in [2.75, 3.05) is 20.7 Å². The maximum atomic E-state index is 10.5. The third kappa shape index (κ3) is 2.24. The van der Waals surface area contributed by atoms with Crippen LogP contribution in [0.25, 0.3) is 0 Å². The Balaban J connectivity index is 2.20. The molecule has 2 N–H and O–H groups in total. The van der Waals surface area contributed by atoms with Gasteiger partial charge in [-0.2, -0.15) is 0 Å². The number of rotatable bonds is 4. The van der Waals surface area contributed by atoms with Gasteiger partial charge >= 0.3 is 0 Å². The molecule has 1 aromatic carbocycles. The van der Waals surface area contributed by atoms with E-state index in [9.17, 15) is 5.11 Å². The number of nitrogens with one attached hydrogen (secondary N) is 1. The minimum Gasteiger partial charge on any atom is -0.492 e. The Hall–Kier alpha value is -1.46. The van der Waals surface area contributed by atoms with Gasteiger partial charge in [0.25, 0.3) is 0 Å². The van der Waals surface area contributed by atoms with E-state index < -0.39 is 6.10 Å². The molecule has 0 aliphatic carbocycles. The van der Waals surface area contributed by atoms with Gasteiger partial charge in [-0.15, -0.1) is 0 Å². The predicted molar refractivity (Wildman–Crippen MR) is 79.5 cm³/mol. The zero-order chi connectivity index (χ0) is 15.1. The van der Waals surface area contributed by atoms with Gasteiger partial charge in [0, 0.05) is 36.1 Å². The van der Waals surface area contributed by atoms with E-state index in [-0.39, 0.29) is 12.2 Å². The summed E-state index contributed by atoms with van der Waals surface area (Å²) in [5.41, 5.74) is 2.90. The molecule has 0 aromatic heterocycles. The highest BCUT2D eigenvalue weighted by molar-refractivity contribution is 5.66. The summed E-state index contributed by atoms with van der Waals surface area (Å²) in [5, 5.41) is 13.6. The summed E-state index contributed by atoms with van der Waals surface area (Å²) in [4.78, 5) is 0. The van der Waals surface area contributed by atoms with Crippen LogP contribution in [0.1, 0.15) is 36.6 Å². The van der Waals surface area contributed by atoms with Crippen LogP contribution in [-0.4, -0.2) is 38.0 Å². The third-order valence-electron chi connectivity index (χ3n) is 4.15. The molecule has 5 nitrogen and oxygen atoms in total. The molecule has 0 saturated carbocycles. The van der Waals surface area contributed by atoms with E-state index in [0.29, 0.717) is 6.54 Å². The zero-order valence-electron chi connectivity index (χ0n) is 13.0. The van der Waals surface area contributed by atoms with Crippen molar-refractivity contribution >= 4 is 0 Å². The number of likely N-dealkylation sites (N-methyl/N-ethyl adjacent to an activating group) is 1. The molecule has 2 aliphatic heterocycles. The lowest BCUT2D eigenvalue weighted by atomic mass is 9.93. The van der Waals surface area contributed by atoms with Gasteiger partial charge < -0.3 is 24.6 Å². The fraction of sp³-hybridized carbons (Fsp3) is 0.625. The molecule has 2 heterocycles. The Morgan fingerprint density at radius 3 is 2.43 bits per heavy atom. The van der Waals surface area contributed by atoms with Crippen LogP contribution >= 0.6 is 0 Å². The van der Waals surface area contributed by atoms with Gasteiger partial charge in [-0.25, -0.2) is 0 Å². The van der Waals surface area contributed by atoms with Gasteiger partial charge in [0.1, 0.15) is 18.0 Å². The Labute approximate surface area is 125 Å². The second kappa shape index (κ2) is 5.39. The highest BCUT2D eigenvalue weighted by Crippen LogP contribution is 2.52. The van der Waals surface area contributed by atoms with Crippen molar-refractivity contribution in [1.82, 2.24) is 5.32 Å². The summed E-state index contributed by atoms with van der Waals surface area (Å²) in [6.07, 6.45) is 1.13. The number of fused-ring (bicyclic) bond motifs is 2. The van der Waals surface area contributed by atoms with Crippen molar-refractivity contribution in [2.24, 2.45) is 0 Å². The number of methoxy groups -OCH3 is 1. The molecule has 2 aliphatic rings. The number of hydrogen-bond donors (Lipinski definition) is 2. The standard InChI is InChI=1S/C16H23NO4/c1-8-5-10-13(12(18)7-17-3)14-11(6-9(2)20-14)15(19-4)16(10)21-8/h8-9,12,17-18H,5-7H2,1-4H3. The Bertz CT molecular complexity index is 519. The molecule has 3 rings (SSSR count). The second-order valence-electron chi connectivity index (χ2n) is 5.90. The summed E-state index contributed by atoms with van der Waals surface area (Å²) in [7, 11) is 3.49. The molecule has 5 heteroatoms. The van der Waals surface area contributed by atoms with Crippen LogP contribution in [0.3, 0.4) is 0 Å². The van der Waals surface area contributed by atoms with E-state index in [2.05, 4.69) is 5.32 Å². The molecule has 0 bridgehead atoms. The SMILES string of the molecule is CNCC(O)c1c2c(c(OC)c3c1OC(C)C3)OC(C)C2. The van der Waals surface area contributed by atoms with E-state index >= 15 is 0 Å². The van der Waals surface area contributed by atoms with Gasteiger partial charge in [0.05, 0.1) is 13.2 Å². The van der Waals surface area contributed by atoms with Crippen molar-refractivity contribution in [2.45, 2.75) is 45.0 Å². The lowest BCUT2D eigenvalue weighted by Gasteiger charge is -2.20. The summed E-state index contributed by atoms with van der Waals surface area (Å²) in [6.45, 7) is 4.54. The molecule has 3 atom stereocenters. The molecule has 0 amide bonds. The molecule has 0 saturated heterocycles. The van der Waals surface area contributed by atoms with Crippen molar-refractivity contribution in [3.63, 3.8) is 0 Å². The lowest BCUT2D eigenvalue weighted by Crippen LogP contribution is -2.19. The molecule has 0 spiro atoms. The van der Waals surface area contributed by atoms with Crippen molar-refractivity contribution < 1.29 is 19.3 Å². The molecule has 116 valence electrons. The number of aliphatic hydroxyl groups excluding tert-OH is 1. The van der Waals surface area contributed by atoms with E-state index in [4.69, 9.17) is 14.2 Å². The zero-order valence-corrected chi connectivity index (χ0v) is 13.0. The summed E-state index contributed by atoms with van der Waals surface area (Å²) in [6, 6.07) is 0. The van der Waals surface area contributed by atoms with Crippen LogP contribution in [-0.2, 0) is 12.8 Å². The van der Waals surface area contributed by atoms with Crippen LogP contribution < -0.4 is 19.5 Å². The van der Waals surface area contributed by atoms with Gasteiger partial charge in [-0.3, -0.25) is 0 Å². The number of aliphatic hydroxyl groups is 1. The highest BCUT2D eigenvalue weighted by atomic mass is 16.5.